The van der Waals surface area contributed by atoms with E-state index in [4.69, 9.17) is 4.74 Å². The van der Waals surface area contributed by atoms with Gasteiger partial charge in [-0.3, -0.25) is 0 Å². The lowest BCUT2D eigenvalue weighted by Crippen LogP contribution is -2.00. The molecule has 1 heterocycles. The number of aryl methyl sites for hydroxylation is 2. The minimum atomic E-state index is -0.578. The third-order valence-corrected chi connectivity index (χ3v) is 5.11. The summed E-state index contributed by atoms with van der Waals surface area (Å²) in [6.45, 7) is 4.01. The Labute approximate surface area is 119 Å². The lowest BCUT2D eigenvalue weighted by molar-refractivity contribution is 0.223. The molecule has 18 heavy (non-hydrogen) atoms. The van der Waals surface area contributed by atoms with Crippen LogP contribution in [0.2, 0.25) is 0 Å². The molecule has 2 nitrogen and oxygen atoms in total. The SMILES string of the molecule is COc1ccc(C(O)c2cc(C)c(Br)s2)c(C)c1. The Bertz CT molecular complexity index is 543. The van der Waals surface area contributed by atoms with Crippen molar-refractivity contribution >= 4 is 27.3 Å². The number of ether oxygens (including phenoxy) is 1. The summed E-state index contributed by atoms with van der Waals surface area (Å²) in [6, 6.07) is 7.75. The topological polar surface area (TPSA) is 29.5 Å². The summed E-state index contributed by atoms with van der Waals surface area (Å²) < 4.78 is 6.24. The van der Waals surface area contributed by atoms with Crippen LogP contribution in [0.25, 0.3) is 0 Å². The van der Waals surface area contributed by atoms with Crippen molar-refractivity contribution in [2.75, 3.05) is 7.11 Å². The molecule has 4 heteroatoms. The van der Waals surface area contributed by atoms with Crippen molar-refractivity contribution < 1.29 is 9.84 Å². The highest BCUT2D eigenvalue weighted by atomic mass is 79.9. The van der Waals surface area contributed by atoms with E-state index in [1.807, 2.05) is 38.1 Å². The van der Waals surface area contributed by atoms with Gasteiger partial charge in [-0.2, -0.15) is 0 Å². The highest BCUT2D eigenvalue weighted by molar-refractivity contribution is 9.11. The molecule has 0 aliphatic carbocycles. The molecule has 0 saturated carbocycles. The van der Waals surface area contributed by atoms with Gasteiger partial charge in [0, 0.05) is 4.88 Å². The number of hydrogen-bond donors (Lipinski definition) is 1. The standard InChI is InChI=1S/C14H15BrO2S/c1-8-6-10(17-3)4-5-11(8)13(16)12-7-9(2)14(15)18-12/h4-7,13,16H,1-3H3. The minimum absolute atomic E-state index is 0.578. The molecule has 0 aliphatic heterocycles. The number of aliphatic hydroxyl groups excluding tert-OH is 1. The van der Waals surface area contributed by atoms with Gasteiger partial charge in [0.2, 0.25) is 0 Å². The maximum absolute atomic E-state index is 10.4. The van der Waals surface area contributed by atoms with Crippen molar-refractivity contribution in [3.63, 3.8) is 0 Å². The molecule has 0 saturated heterocycles. The molecular weight excluding hydrogens is 312 g/mol. The second kappa shape index (κ2) is 5.43. The van der Waals surface area contributed by atoms with Crippen LogP contribution >= 0.6 is 27.3 Å². The van der Waals surface area contributed by atoms with Gasteiger partial charge in [0.1, 0.15) is 11.9 Å². The first-order valence-corrected chi connectivity index (χ1v) is 7.22. The largest absolute Gasteiger partial charge is 0.497 e. The van der Waals surface area contributed by atoms with Crippen LogP contribution in [0.15, 0.2) is 28.1 Å². The predicted molar refractivity (Wildman–Crippen MR) is 78.5 cm³/mol. The molecule has 0 aliphatic rings. The Balaban J connectivity index is 2.36. The van der Waals surface area contributed by atoms with E-state index in [1.54, 1.807) is 18.4 Å². The molecule has 1 atom stereocenters. The first-order chi connectivity index (χ1) is 8.52. The smallest absolute Gasteiger partial charge is 0.119 e. The van der Waals surface area contributed by atoms with Crippen LogP contribution in [0, 0.1) is 13.8 Å². The average molecular weight is 327 g/mol. The van der Waals surface area contributed by atoms with Gasteiger partial charge in [-0.25, -0.2) is 0 Å². The Morgan fingerprint density at radius 1 is 1.22 bits per heavy atom. The average Bonchev–Trinajstić information content (AvgIpc) is 2.68. The molecule has 0 amide bonds. The van der Waals surface area contributed by atoms with Gasteiger partial charge in [0.05, 0.1) is 10.9 Å². The molecule has 1 aromatic heterocycles. The van der Waals surface area contributed by atoms with Gasteiger partial charge in [0.15, 0.2) is 0 Å². The second-order valence-electron chi connectivity index (χ2n) is 4.23. The number of halogens is 1. The number of thiophene rings is 1. The van der Waals surface area contributed by atoms with Crippen LogP contribution in [-0.4, -0.2) is 12.2 Å². The summed E-state index contributed by atoms with van der Waals surface area (Å²) in [6.07, 6.45) is -0.578. The van der Waals surface area contributed by atoms with Gasteiger partial charge < -0.3 is 9.84 Å². The van der Waals surface area contributed by atoms with Gasteiger partial charge in [0.25, 0.3) is 0 Å². The number of aliphatic hydroxyl groups is 1. The zero-order chi connectivity index (χ0) is 13.3. The minimum Gasteiger partial charge on any atom is -0.497 e. The Morgan fingerprint density at radius 2 is 1.94 bits per heavy atom. The molecule has 2 aromatic rings. The molecular formula is C14H15BrO2S. The Morgan fingerprint density at radius 3 is 2.44 bits per heavy atom. The summed E-state index contributed by atoms with van der Waals surface area (Å²) in [5.41, 5.74) is 3.11. The summed E-state index contributed by atoms with van der Waals surface area (Å²) >= 11 is 5.06. The number of benzene rings is 1. The number of rotatable bonds is 3. The molecule has 96 valence electrons. The molecule has 1 unspecified atom stereocenters. The third-order valence-electron chi connectivity index (χ3n) is 2.92. The van der Waals surface area contributed by atoms with E-state index in [2.05, 4.69) is 15.9 Å². The first kappa shape index (κ1) is 13.6. The Hall–Kier alpha value is -0.840. The van der Waals surface area contributed by atoms with Crippen LogP contribution < -0.4 is 4.74 Å². The van der Waals surface area contributed by atoms with E-state index in [0.29, 0.717) is 0 Å². The maximum atomic E-state index is 10.4. The number of methoxy groups -OCH3 is 1. The molecule has 1 aromatic carbocycles. The summed E-state index contributed by atoms with van der Waals surface area (Å²) in [5, 5.41) is 10.4. The maximum Gasteiger partial charge on any atom is 0.119 e. The fraction of sp³-hybridized carbons (Fsp3) is 0.286. The van der Waals surface area contributed by atoms with Gasteiger partial charge >= 0.3 is 0 Å². The van der Waals surface area contributed by atoms with Crippen LogP contribution in [0.3, 0.4) is 0 Å². The van der Waals surface area contributed by atoms with Crippen LogP contribution in [0.4, 0.5) is 0 Å². The number of hydrogen-bond acceptors (Lipinski definition) is 3. The van der Waals surface area contributed by atoms with Crippen molar-refractivity contribution in [2.45, 2.75) is 20.0 Å². The van der Waals surface area contributed by atoms with Crippen LogP contribution in [0.5, 0.6) is 5.75 Å². The molecule has 2 rings (SSSR count). The first-order valence-electron chi connectivity index (χ1n) is 5.61. The fourth-order valence-electron chi connectivity index (χ4n) is 1.85. The van der Waals surface area contributed by atoms with Crippen molar-refractivity contribution in [3.8, 4) is 5.75 Å². The normalized spacial score (nSPS) is 12.5. The highest BCUT2D eigenvalue weighted by Crippen LogP contribution is 2.35. The Kier molecular flexibility index (Phi) is 4.10. The molecule has 0 bridgehead atoms. The third kappa shape index (κ3) is 2.60. The lowest BCUT2D eigenvalue weighted by Gasteiger charge is -2.13. The van der Waals surface area contributed by atoms with Crippen molar-refractivity contribution in [3.05, 3.63) is 49.6 Å². The highest BCUT2D eigenvalue weighted by Gasteiger charge is 2.16. The monoisotopic (exact) mass is 326 g/mol. The van der Waals surface area contributed by atoms with Gasteiger partial charge in [-0.1, -0.05) is 6.07 Å². The zero-order valence-corrected chi connectivity index (χ0v) is 12.9. The molecule has 1 N–H and O–H groups in total. The van der Waals surface area contributed by atoms with Crippen molar-refractivity contribution in [1.82, 2.24) is 0 Å². The fourth-order valence-corrected chi connectivity index (χ4v) is 3.43. The summed E-state index contributed by atoms with van der Waals surface area (Å²) in [7, 11) is 1.64. The zero-order valence-electron chi connectivity index (χ0n) is 10.5. The van der Waals surface area contributed by atoms with Crippen molar-refractivity contribution in [2.24, 2.45) is 0 Å². The quantitative estimate of drug-likeness (QED) is 0.915. The summed E-state index contributed by atoms with van der Waals surface area (Å²) in [5.74, 6) is 0.812. The van der Waals surface area contributed by atoms with Crippen molar-refractivity contribution in [1.29, 1.82) is 0 Å². The molecule has 0 fully saturated rings. The van der Waals surface area contributed by atoms with E-state index < -0.39 is 6.10 Å². The van der Waals surface area contributed by atoms with E-state index >= 15 is 0 Å². The molecule has 0 spiro atoms. The van der Waals surface area contributed by atoms with Crippen LogP contribution in [-0.2, 0) is 0 Å². The van der Waals surface area contributed by atoms with E-state index in [0.717, 1.165) is 31.1 Å². The van der Waals surface area contributed by atoms with E-state index in [9.17, 15) is 5.11 Å². The summed E-state index contributed by atoms with van der Waals surface area (Å²) in [4.78, 5) is 0.952. The molecule has 0 radical (unpaired) electrons. The van der Waals surface area contributed by atoms with Gasteiger partial charge in [-0.05, 0) is 64.7 Å². The van der Waals surface area contributed by atoms with E-state index in [1.165, 1.54) is 0 Å². The second-order valence-corrected chi connectivity index (χ2v) is 6.63. The van der Waals surface area contributed by atoms with Gasteiger partial charge in [-0.15, -0.1) is 11.3 Å². The van der Waals surface area contributed by atoms with Crippen LogP contribution in [0.1, 0.15) is 27.7 Å². The predicted octanol–water partition coefficient (Wildman–Crippen LogP) is 4.22. The lowest BCUT2D eigenvalue weighted by atomic mass is 10.0. The van der Waals surface area contributed by atoms with E-state index in [-0.39, 0.29) is 0 Å².